The molecule has 0 spiro atoms. The molecule has 5 aromatic rings. The number of fused-ring (bicyclic) bond motifs is 2. The zero-order chi connectivity index (χ0) is 22.3. The number of aryl methyl sites for hydroxylation is 1. The van der Waals surface area contributed by atoms with Crippen molar-refractivity contribution in [1.82, 2.24) is 19.6 Å². The van der Waals surface area contributed by atoms with Gasteiger partial charge >= 0.3 is 0 Å². The third-order valence-corrected chi connectivity index (χ3v) is 6.80. The Morgan fingerprint density at radius 3 is 2.44 bits per heavy atom. The summed E-state index contributed by atoms with van der Waals surface area (Å²) in [5, 5.41) is 4.39. The summed E-state index contributed by atoms with van der Waals surface area (Å²) in [5.74, 6) is -0.0657. The molecule has 0 amide bonds. The van der Waals surface area contributed by atoms with Crippen LogP contribution in [0.5, 0.6) is 0 Å². The fraction of sp³-hybridized carbons (Fsp3) is 0.0435. The zero-order valence-corrected chi connectivity index (χ0v) is 17.9. The van der Waals surface area contributed by atoms with Gasteiger partial charge in [0.25, 0.3) is 0 Å². The van der Waals surface area contributed by atoms with Crippen molar-refractivity contribution in [2.75, 3.05) is 5.73 Å². The topological polar surface area (TPSA) is 116 Å². The Balaban J connectivity index is 1.82. The van der Waals surface area contributed by atoms with Crippen LogP contribution in [0, 0.1) is 6.92 Å². The molecule has 3 heterocycles. The Kier molecular flexibility index (Phi) is 4.67. The molecule has 2 N–H and O–H groups in total. The minimum atomic E-state index is -3.99. The van der Waals surface area contributed by atoms with Crippen molar-refractivity contribution >= 4 is 44.1 Å². The Morgan fingerprint density at radius 1 is 0.969 bits per heavy atom. The van der Waals surface area contributed by atoms with Crippen LogP contribution in [0.3, 0.4) is 0 Å². The summed E-state index contributed by atoms with van der Waals surface area (Å²) in [4.78, 5) is 13.4. The molecule has 2 aromatic carbocycles. The van der Waals surface area contributed by atoms with Gasteiger partial charge in [-0.3, -0.25) is 4.98 Å². The lowest BCUT2D eigenvalue weighted by Crippen LogP contribution is -2.07. The highest BCUT2D eigenvalue weighted by atomic mass is 32.2. The molecule has 0 aliphatic carbocycles. The number of para-hydroxylation sites is 2. The van der Waals surface area contributed by atoms with Gasteiger partial charge in [0.15, 0.2) is 5.65 Å². The molecule has 0 saturated heterocycles. The molecule has 0 saturated carbocycles. The normalized spacial score (nSPS) is 12.2. The first-order valence-electron chi connectivity index (χ1n) is 9.79. The number of nitrogens with two attached hydrogens (primary N) is 1. The number of hydrogen-bond donors (Lipinski definition) is 1. The summed E-state index contributed by atoms with van der Waals surface area (Å²) in [5.41, 5.74) is 9.36. The van der Waals surface area contributed by atoms with Gasteiger partial charge in [-0.2, -0.15) is 9.78 Å². The highest BCUT2D eigenvalue weighted by Gasteiger charge is 2.30. The van der Waals surface area contributed by atoms with Crippen molar-refractivity contribution in [3.8, 4) is 0 Å². The summed E-state index contributed by atoms with van der Waals surface area (Å²) < 4.78 is 28.5. The maximum atomic E-state index is 13.6. The monoisotopic (exact) mass is 442 g/mol. The molecule has 0 aliphatic rings. The van der Waals surface area contributed by atoms with Gasteiger partial charge in [-0.1, -0.05) is 30.3 Å². The number of pyridine rings is 1. The third kappa shape index (κ3) is 3.28. The smallest absolute Gasteiger partial charge is 0.212 e. The fourth-order valence-electron chi connectivity index (χ4n) is 3.47. The largest absolute Gasteiger partial charge is 0.382 e. The van der Waals surface area contributed by atoms with Gasteiger partial charge in [0.05, 0.1) is 27.8 Å². The van der Waals surface area contributed by atoms with Gasteiger partial charge in [-0.15, -0.1) is 0 Å². The standard InChI is InChI=1S/C23H18N6O2S/c1-15-7-6-9-17(13-15)32(30,31)21-20-23(28-19-11-3-2-10-18(19)27-20)29(22(21)24)26-14-16-8-4-5-12-25-16/h2-14H,24H2,1H3/b26-14-. The summed E-state index contributed by atoms with van der Waals surface area (Å²) in [6, 6.07) is 19.3. The molecule has 0 atom stereocenters. The summed E-state index contributed by atoms with van der Waals surface area (Å²) in [7, 11) is -3.99. The Bertz CT molecular complexity index is 1610. The number of hydrogen-bond acceptors (Lipinski definition) is 7. The van der Waals surface area contributed by atoms with E-state index in [0.29, 0.717) is 16.7 Å². The SMILES string of the molecule is Cc1cccc(S(=O)(=O)c2c(N)n(/N=C\c3ccccn3)c3nc4ccccc4nc23)c1. The number of aromatic nitrogens is 4. The second kappa shape index (κ2) is 7.54. The van der Waals surface area contributed by atoms with Crippen LogP contribution >= 0.6 is 0 Å². The van der Waals surface area contributed by atoms with Gasteiger partial charge < -0.3 is 5.73 Å². The second-order valence-corrected chi connectivity index (χ2v) is 9.12. The zero-order valence-electron chi connectivity index (χ0n) is 17.0. The highest BCUT2D eigenvalue weighted by molar-refractivity contribution is 7.92. The number of rotatable bonds is 4. The van der Waals surface area contributed by atoms with Crippen LogP contribution in [0.15, 0.2) is 87.8 Å². The van der Waals surface area contributed by atoms with E-state index < -0.39 is 9.84 Å². The quantitative estimate of drug-likeness (QED) is 0.425. The molecule has 0 fully saturated rings. The molecule has 158 valence electrons. The van der Waals surface area contributed by atoms with Crippen molar-refractivity contribution in [2.45, 2.75) is 16.7 Å². The minimum absolute atomic E-state index is 0.0657. The summed E-state index contributed by atoms with van der Waals surface area (Å²) in [6.07, 6.45) is 3.13. The van der Waals surface area contributed by atoms with Gasteiger partial charge in [0, 0.05) is 6.20 Å². The minimum Gasteiger partial charge on any atom is -0.382 e. The summed E-state index contributed by atoms with van der Waals surface area (Å²) >= 11 is 0. The molecule has 32 heavy (non-hydrogen) atoms. The van der Waals surface area contributed by atoms with Gasteiger partial charge in [0.1, 0.15) is 16.2 Å². The van der Waals surface area contributed by atoms with E-state index in [1.54, 1.807) is 42.6 Å². The lowest BCUT2D eigenvalue weighted by atomic mass is 10.2. The average molecular weight is 443 g/mol. The summed E-state index contributed by atoms with van der Waals surface area (Å²) in [6.45, 7) is 1.83. The number of anilines is 1. The molecular formula is C23H18N6O2S. The van der Waals surface area contributed by atoms with Gasteiger partial charge in [-0.25, -0.2) is 18.4 Å². The van der Waals surface area contributed by atoms with E-state index in [4.69, 9.17) is 5.73 Å². The fourth-order valence-corrected chi connectivity index (χ4v) is 5.06. The average Bonchev–Trinajstić information content (AvgIpc) is 3.07. The number of benzene rings is 2. The van der Waals surface area contributed by atoms with Crippen molar-refractivity contribution in [1.29, 1.82) is 0 Å². The van der Waals surface area contributed by atoms with Crippen molar-refractivity contribution < 1.29 is 8.42 Å². The molecule has 9 heteroatoms. The predicted molar refractivity (Wildman–Crippen MR) is 123 cm³/mol. The van der Waals surface area contributed by atoms with E-state index in [9.17, 15) is 8.42 Å². The van der Waals surface area contributed by atoms with Gasteiger partial charge in [0.2, 0.25) is 9.84 Å². The van der Waals surface area contributed by atoms with Crippen LogP contribution in [0.25, 0.3) is 22.2 Å². The number of nitrogen functional groups attached to an aromatic ring is 1. The third-order valence-electron chi connectivity index (χ3n) is 4.99. The Hall–Kier alpha value is -4.11. The van der Waals surface area contributed by atoms with Crippen LogP contribution in [0.2, 0.25) is 0 Å². The molecule has 3 aromatic heterocycles. The lowest BCUT2D eigenvalue weighted by molar-refractivity contribution is 0.597. The van der Waals surface area contributed by atoms with Crippen molar-refractivity contribution in [2.24, 2.45) is 5.10 Å². The lowest BCUT2D eigenvalue weighted by Gasteiger charge is -2.05. The molecule has 0 bridgehead atoms. The number of sulfone groups is 1. The van der Waals surface area contributed by atoms with E-state index in [1.165, 1.54) is 17.0 Å². The first-order valence-corrected chi connectivity index (χ1v) is 11.3. The second-order valence-electron chi connectivity index (χ2n) is 7.23. The molecule has 0 unspecified atom stereocenters. The van der Waals surface area contributed by atoms with E-state index in [2.05, 4.69) is 20.1 Å². The van der Waals surface area contributed by atoms with Crippen LogP contribution in [0.4, 0.5) is 5.82 Å². The van der Waals surface area contributed by atoms with E-state index in [1.807, 2.05) is 31.2 Å². The van der Waals surface area contributed by atoms with Crippen LogP contribution < -0.4 is 5.73 Å². The first kappa shape index (κ1) is 19.8. The van der Waals surface area contributed by atoms with Crippen molar-refractivity contribution in [3.05, 3.63) is 84.2 Å². The molecule has 5 rings (SSSR count). The Morgan fingerprint density at radius 2 is 1.72 bits per heavy atom. The molecule has 0 radical (unpaired) electrons. The van der Waals surface area contributed by atoms with Crippen LogP contribution in [0.1, 0.15) is 11.3 Å². The highest BCUT2D eigenvalue weighted by Crippen LogP contribution is 2.35. The van der Waals surface area contributed by atoms with Gasteiger partial charge in [-0.05, 0) is 48.9 Å². The van der Waals surface area contributed by atoms with Crippen LogP contribution in [-0.4, -0.2) is 34.3 Å². The number of nitrogens with zero attached hydrogens (tertiary/aromatic N) is 5. The van der Waals surface area contributed by atoms with E-state index >= 15 is 0 Å². The van der Waals surface area contributed by atoms with E-state index in [-0.39, 0.29) is 26.8 Å². The maximum absolute atomic E-state index is 13.6. The van der Waals surface area contributed by atoms with Crippen molar-refractivity contribution in [3.63, 3.8) is 0 Å². The first-order chi connectivity index (χ1) is 15.4. The molecule has 8 nitrogen and oxygen atoms in total. The Labute approximate surface area is 184 Å². The van der Waals surface area contributed by atoms with Crippen LogP contribution in [-0.2, 0) is 9.84 Å². The maximum Gasteiger partial charge on any atom is 0.212 e. The molecular weight excluding hydrogens is 424 g/mol. The predicted octanol–water partition coefficient (Wildman–Crippen LogP) is 3.59. The molecule has 0 aliphatic heterocycles. The van der Waals surface area contributed by atoms with E-state index in [0.717, 1.165) is 5.56 Å².